The second kappa shape index (κ2) is 7.50. The third-order valence-corrected chi connectivity index (χ3v) is 5.00. The molecule has 1 aromatic carbocycles. The van der Waals surface area contributed by atoms with Crippen molar-refractivity contribution in [3.63, 3.8) is 0 Å². The first-order valence-corrected chi connectivity index (χ1v) is 9.10. The highest BCUT2D eigenvalue weighted by molar-refractivity contribution is 6.12. The van der Waals surface area contributed by atoms with Crippen molar-refractivity contribution in [3.05, 3.63) is 29.5 Å². The van der Waals surface area contributed by atoms with Crippen LogP contribution in [0.1, 0.15) is 36.3 Å². The lowest BCUT2D eigenvalue weighted by atomic mass is 9.92. The van der Waals surface area contributed by atoms with Crippen LogP contribution in [0.3, 0.4) is 0 Å². The van der Waals surface area contributed by atoms with E-state index in [2.05, 4.69) is 29.0 Å². The number of nitrogens with one attached hydrogen (secondary N) is 2. The molecular formula is C20H27N3O3. The first kappa shape index (κ1) is 18.5. The maximum Gasteiger partial charge on any atom is 0.356 e. The van der Waals surface area contributed by atoms with E-state index in [9.17, 15) is 9.59 Å². The van der Waals surface area contributed by atoms with Gasteiger partial charge in [0.05, 0.1) is 19.3 Å². The largest absolute Gasteiger partial charge is 0.464 e. The Bertz CT molecular complexity index is 817. The van der Waals surface area contributed by atoms with E-state index < -0.39 is 5.97 Å². The Morgan fingerprint density at radius 3 is 2.62 bits per heavy atom. The molecule has 1 saturated heterocycles. The van der Waals surface area contributed by atoms with Crippen LogP contribution in [-0.2, 0) is 9.53 Å². The van der Waals surface area contributed by atoms with Crippen LogP contribution >= 0.6 is 0 Å². The Labute approximate surface area is 153 Å². The molecule has 2 aromatic rings. The van der Waals surface area contributed by atoms with Crippen molar-refractivity contribution in [2.24, 2.45) is 11.8 Å². The Hall–Kier alpha value is -2.34. The minimum atomic E-state index is -0.490. The molecule has 6 nitrogen and oxygen atoms in total. The van der Waals surface area contributed by atoms with Crippen LogP contribution in [0, 0.1) is 18.8 Å². The van der Waals surface area contributed by atoms with Gasteiger partial charge in [0, 0.05) is 24.0 Å². The maximum atomic E-state index is 12.7. The summed E-state index contributed by atoms with van der Waals surface area (Å²) in [7, 11) is 1.34. The molecule has 2 unspecified atom stereocenters. The maximum absolute atomic E-state index is 12.7. The lowest BCUT2D eigenvalue weighted by Crippen LogP contribution is -2.42. The summed E-state index contributed by atoms with van der Waals surface area (Å²) in [6, 6.07) is 5.76. The summed E-state index contributed by atoms with van der Waals surface area (Å²) in [6.45, 7) is 8.58. The minimum absolute atomic E-state index is 0.111. The highest BCUT2D eigenvalue weighted by Gasteiger charge is 2.25. The van der Waals surface area contributed by atoms with Gasteiger partial charge in [-0.2, -0.15) is 0 Å². The number of hydrogen-bond acceptors (Lipinski definition) is 4. The van der Waals surface area contributed by atoms with Crippen molar-refractivity contribution in [2.75, 3.05) is 32.1 Å². The van der Waals surface area contributed by atoms with Gasteiger partial charge in [-0.05, 0) is 36.8 Å². The van der Waals surface area contributed by atoms with Gasteiger partial charge in [-0.1, -0.05) is 26.0 Å². The van der Waals surface area contributed by atoms with Gasteiger partial charge in [-0.15, -0.1) is 0 Å². The van der Waals surface area contributed by atoms with Crippen LogP contribution in [0.2, 0.25) is 0 Å². The van der Waals surface area contributed by atoms with E-state index in [0.717, 1.165) is 29.6 Å². The second-order valence-corrected chi connectivity index (χ2v) is 7.55. The lowest BCUT2D eigenvalue weighted by Gasteiger charge is -2.34. The summed E-state index contributed by atoms with van der Waals surface area (Å²) in [4.78, 5) is 30.1. The molecule has 0 aliphatic carbocycles. The lowest BCUT2D eigenvalue weighted by molar-refractivity contribution is -0.117. The van der Waals surface area contributed by atoms with Crippen LogP contribution in [0.5, 0.6) is 0 Å². The third-order valence-electron chi connectivity index (χ3n) is 5.00. The zero-order valence-electron chi connectivity index (χ0n) is 15.9. The Kier molecular flexibility index (Phi) is 5.32. The average Bonchev–Trinajstić information content (AvgIpc) is 2.92. The van der Waals surface area contributed by atoms with E-state index in [1.54, 1.807) is 0 Å². The number of piperidine rings is 1. The van der Waals surface area contributed by atoms with Gasteiger partial charge in [0.15, 0.2) is 0 Å². The van der Waals surface area contributed by atoms with Crippen LogP contribution in [0.4, 0.5) is 5.69 Å². The predicted octanol–water partition coefficient (Wildman–Crippen LogP) is 3.18. The van der Waals surface area contributed by atoms with Crippen molar-refractivity contribution >= 4 is 28.5 Å². The highest BCUT2D eigenvalue weighted by Crippen LogP contribution is 2.31. The second-order valence-electron chi connectivity index (χ2n) is 7.55. The van der Waals surface area contributed by atoms with Crippen LogP contribution in [0.15, 0.2) is 18.2 Å². The van der Waals surface area contributed by atoms with Gasteiger partial charge >= 0.3 is 5.97 Å². The topological polar surface area (TPSA) is 74.4 Å². The third kappa shape index (κ3) is 3.75. The molecule has 6 heteroatoms. The van der Waals surface area contributed by atoms with Gasteiger partial charge in [0.1, 0.15) is 5.69 Å². The summed E-state index contributed by atoms with van der Waals surface area (Å²) in [6.07, 6.45) is 1.20. The van der Waals surface area contributed by atoms with Crippen LogP contribution < -0.4 is 5.32 Å². The molecule has 2 N–H and O–H groups in total. The number of aromatic nitrogens is 1. The average molecular weight is 357 g/mol. The quantitative estimate of drug-likeness (QED) is 0.824. The van der Waals surface area contributed by atoms with E-state index >= 15 is 0 Å². The molecule has 26 heavy (non-hydrogen) atoms. The normalized spacial score (nSPS) is 20.9. The molecule has 1 aromatic heterocycles. The fourth-order valence-corrected chi connectivity index (χ4v) is 4.11. The van der Waals surface area contributed by atoms with E-state index in [1.165, 1.54) is 13.5 Å². The van der Waals surface area contributed by atoms with Crippen molar-refractivity contribution in [2.45, 2.75) is 27.2 Å². The molecule has 0 bridgehead atoms. The van der Waals surface area contributed by atoms with Gasteiger partial charge < -0.3 is 15.0 Å². The number of ether oxygens (including phenoxy) is 1. The fourth-order valence-electron chi connectivity index (χ4n) is 4.11. The standard InChI is InChI=1S/C20H27N3O3/c1-12-8-13(2)10-23(9-12)11-16(24)22-18-17-14(3)6-5-7-15(17)21-19(18)20(25)26-4/h5-7,12-13,21H,8-11H2,1-4H3,(H,22,24). The molecule has 1 aliphatic heterocycles. The summed E-state index contributed by atoms with van der Waals surface area (Å²) in [5.41, 5.74) is 2.59. The van der Waals surface area contributed by atoms with Crippen molar-refractivity contribution in [3.8, 4) is 0 Å². The Morgan fingerprint density at radius 2 is 1.96 bits per heavy atom. The number of carbonyl (C=O) groups excluding carboxylic acids is 2. The zero-order chi connectivity index (χ0) is 18.8. The number of benzene rings is 1. The molecule has 0 radical (unpaired) electrons. The summed E-state index contributed by atoms with van der Waals surface area (Å²) >= 11 is 0. The summed E-state index contributed by atoms with van der Waals surface area (Å²) < 4.78 is 4.87. The molecule has 3 rings (SSSR count). The number of aromatic amines is 1. The van der Waals surface area contributed by atoms with Gasteiger partial charge in [0.25, 0.3) is 0 Å². The number of aryl methyl sites for hydroxylation is 1. The first-order chi connectivity index (χ1) is 12.4. The number of carbonyl (C=O) groups is 2. The van der Waals surface area contributed by atoms with E-state index in [0.29, 0.717) is 24.1 Å². The molecular weight excluding hydrogens is 330 g/mol. The predicted molar refractivity (Wildman–Crippen MR) is 102 cm³/mol. The molecule has 1 fully saturated rings. The SMILES string of the molecule is COC(=O)c1[nH]c2cccc(C)c2c1NC(=O)CN1CC(C)CC(C)C1. The zero-order valence-corrected chi connectivity index (χ0v) is 15.9. The summed E-state index contributed by atoms with van der Waals surface area (Å²) in [5.74, 6) is 0.580. The van der Waals surface area contributed by atoms with E-state index in [-0.39, 0.29) is 11.6 Å². The smallest absolute Gasteiger partial charge is 0.356 e. The highest BCUT2D eigenvalue weighted by atomic mass is 16.5. The van der Waals surface area contributed by atoms with Crippen LogP contribution in [0.25, 0.3) is 10.9 Å². The van der Waals surface area contributed by atoms with Gasteiger partial charge in [-0.3, -0.25) is 9.69 Å². The fraction of sp³-hybridized carbons (Fsp3) is 0.500. The molecule has 140 valence electrons. The number of fused-ring (bicyclic) bond motifs is 1. The van der Waals surface area contributed by atoms with Gasteiger partial charge in [-0.25, -0.2) is 4.79 Å². The monoisotopic (exact) mass is 357 g/mol. The summed E-state index contributed by atoms with van der Waals surface area (Å²) in [5, 5.41) is 3.80. The number of rotatable bonds is 4. The first-order valence-electron chi connectivity index (χ1n) is 9.10. The van der Waals surface area contributed by atoms with Crippen LogP contribution in [-0.4, -0.2) is 48.5 Å². The molecule has 1 aliphatic rings. The number of anilines is 1. The number of methoxy groups -OCH3 is 1. The number of nitrogens with zero attached hydrogens (tertiary/aromatic N) is 1. The van der Waals surface area contributed by atoms with E-state index in [4.69, 9.17) is 4.74 Å². The van der Waals surface area contributed by atoms with Crippen molar-refractivity contribution in [1.82, 2.24) is 9.88 Å². The molecule has 2 heterocycles. The molecule has 1 amide bonds. The molecule has 2 atom stereocenters. The Morgan fingerprint density at radius 1 is 1.27 bits per heavy atom. The van der Waals surface area contributed by atoms with Crippen molar-refractivity contribution in [1.29, 1.82) is 0 Å². The number of esters is 1. The number of H-pyrrole nitrogens is 1. The number of likely N-dealkylation sites (tertiary alicyclic amines) is 1. The van der Waals surface area contributed by atoms with Gasteiger partial charge in [0.2, 0.25) is 5.91 Å². The minimum Gasteiger partial charge on any atom is -0.464 e. The van der Waals surface area contributed by atoms with E-state index in [1.807, 2.05) is 25.1 Å². The molecule has 0 spiro atoms. The number of amides is 1. The molecule has 0 saturated carbocycles. The number of hydrogen-bond donors (Lipinski definition) is 2. The Balaban J connectivity index is 1.85. The van der Waals surface area contributed by atoms with Crippen molar-refractivity contribution < 1.29 is 14.3 Å².